The number of hydrogen-bond acceptors (Lipinski definition) is 4. The quantitative estimate of drug-likeness (QED) is 0.866. The van der Waals surface area contributed by atoms with Crippen LogP contribution in [0.5, 0.6) is 0 Å². The van der Waals surface area contributed by atoms with Crippen LogP contribution in [-0.2, 0) is 0 Å². The lowest BCUT2D eigenvalue weighted by molar-refractivity contribution is 0.0690. The van der Waals surface area contributed by atoms with E-state index < -0.39 is 5.97 Å². The summed E-state index contributed by atoms with van der Waals surface area (Å²) >= 11 is 0. The topological polar surface area (TPSA) is 75.1 Å². The highest BCUT2D eigenvalue weighted by atomic mass is 16.4. The zero-order valence-corrected chi connectivity index (χ0v) is 10.1. The molecule has 5 heteroatoms. The third-order valence-electron chi connectivity index (χ3n) is 2.74. The van der Waals surface area contributed by atoms with E-state index >= 15 is 0 Å². The first-order chi connectivity index (χ1) is 8.58. The number of carboxylic acid groups (broad SMARTS) is 1. The van der Waals surface area contributed by atoms with E-state index in [4.69, 9.17) is 5.11 Å². The molecular weight excluding hydrogens is 230 g/mol. The molecule has 1 heterocycles. The third-order valence-corrected chi connectivity index (χ3v) is 2.74. The number of carbonyl (C=O) groups is 1. The van der Waals surface area contributed by atoms with Crippen LogP contribution in [-0.4, -0.2) is 21.0 Å². The summed E-state index contributed by atoms with van der Waals surface area (Å²) in [5.74, 6) is -0.561. The number of benzene rings is 1. The molecule has 0 amide bonds. The molecule has 0 aliphatic carbocycles. The van der Waals surface area contributed by atoms with E-state index in [0.717, 1.165) is 11.3 Å². The maximum absolute atomic E-state index is 10.6. The van der Waals surface area contributed by atoms with E-state index in [1.165, 1.54) is 18.0 Å². The van der Waals surface area contributed by atoms with Gasteiger partial charge in [-0.2, -0.15) is 0 Å². The molecule has 0 aliphatic rings. The van der Waals surface area contributed by atoms with Crippen molar-refractivity contribution in [2.45, 2.75) is 13.8 Å². The summed E-state index contributed by atoms with van der Waals surface area (Å²) in [5, 5.41) is 11.8. The molecule has 0 saturated heterocycles. The number of carboxylic acids is 1. The highest BCUT2D eigenvalue weighted by molar-refractivity contribution is 5.85. The third kappa shape index (κ3) is 2.45. The van der Waals surface area contributed by atoms with Gasteiger partial charge < -0.3 is 10.4 Å². The van der Waals surface area contributed by atoms with Crippen molar-refractivity contribution in [1.29, 1.82) is 0 Å². The van der Waals surface area contributed by atoms with Crippen LogP contribution >= 0.6 is 0 Å². The standard InChI is InChI=1S/C13H13N3O2/c1-8-4-3-5-10(9(8)2)16-12-7-14-11(6-15-12)13(17)18/h3-7H,1-2H3,(H,15,16)(H,17,18). The predicted octanol–water partition coefficient (Wildman–Crippen LogP) is 2.54. The molecule has 0 bridgehead atoms. The number of aromatic nitrogens is 2. The summed E-state index contributed by atoms with van der Waals surface area (Å²) in [6.45, 7) is 4.04. The summed E-state index contributed by atoms with van der Waals surface area (Å²) in [6, 6.07) is 5.92. The number of hydrogen-bond donors (Lipinski definition) is 2. The number of nitrogens with zero attached hydrogens (tertiary/aromatic N) is 2. The minimum Gasteiger partial charge on any atom is -0.476 e. The maximum Gasteiger partial charge on any atom is 0.356 e. The van der Waals surface area contributed by atoms with Gasteiger partial charge in [0.05, 0.1) is 12.4 Å². The lowest BCUT2D eigenvalue weighted by Gasteiger charge is -2.10. The molecule has 5 nitrogen and oxygen atoms in total. The second kappa shape index (κ2) is 4.83. The summed E-state index contributed by atoms with van der Waals surface area (Å²) in [7, 11) is 0. The van der Waals surface area contributed by atoms with Crippen molar-refractivity contribution in [1.82, 2.24) is 9.97 Å². The minimum atomic E-state index is -1.08. The molecule has 2 rings (SSSR count). The van der Waals surface area contributed by atoms with Gasteiger partial charge in [0.15, 0.2) is 5.69 Å². The highest BCUT2D eigenvalue weighted by Crippen LogP contribution is 2.21. The number of rotatable bonds is 3. The van der Waals surface area contributed by atoms with Gasteiger partial charge in [0.2, 0.25) is 0 Å². The fourth-order valence-electron chi connectivity index (χ4n) is 1.53. The molecule has 0 unspecified atom stereocenters. The molecule has 1 aromatic heterocycles. The Bertz CT molecular complexity index is 579. The van der Waals surface area contributed by atoms with Gasteiger partial charge in [-0.3, -0.25) is 0 Å². The lowest BCUT2D eigenvalue weighted by Crippen LogP contribution is -2.03. The summed E-state index contributed by atoms with van der Waals surface area (Å²) < 4.78 is 0. The van der Waals surface area contributed by atoms with Crippen LogP contribution in [0.4, 0.5) is 11.5 Å². The van der Waals surface area contributed by atoms with Gasteiger partial charge in [0.1, 0.15) is 5.82 Å². The van der Waals surface area contributed by atoms with Crippen molar-refractivity contribution in [3.8, 4) is 0 Å². The Hall–Kier alpha value is -2.43. The van der Waals surface area contributed by atoms with Crippen molar-refractivity contribution in [2.24, 2.45) is 0 Å². The van der Waals surface area contributed by atoms with Crippen molar-refractivity contribution in [2.75, 3.05) is 5.32 Å². The molecule has 2 N–H and O–H groups in total. The van der Waals surface area contributed by atoms with Gasteiger partial charge in [-0.15, -0.1) is 0 Å². The van der Waals surface area contributed by atoms with Crippen molar-refractivity contribution < 1.29 is 9.90 Å². The Kier molecular flexibility index (Phi) is 3.23. The Morgan fingerprint density at radius 3 is 2.61 bits per heavy atom. The molecule has 18 heavy (non-hydrogen) atoms. The fraction of sp³-hybridized carbons (Fsp3) is 0.154. The molecule has 1 aromatic carbocycles. The Labute approximate surface area is 105 Å². The van der Waals surface area contributed by atoms with Crippen LogP contribution in [0, 0.1) is 13.8 Å². The molecule has 0 saturated carbocycles. The Balaban J connectivity index is 2.24. The predicted molar refractivity (Wildman–Crippen MR) is 68.2 cm³/mol. The number of anilines is 2. The summed E-state index contributed by atoms with van der Waals surface area (Å²) in [4.78, 5) is 18.5. The van der Waals surface area contributed by atoms with Gasteiger partial charge in [-0.25, -0.2) is 14.8 Å². The first-order valence-electron chi connectivity index (χ1n) is 5.46. The molecule has 92 valence electrons. The van der Waals surface area contributed by atoms with Crippen LogP contribution in [0.1, 0.15) is 21.6 Å². The summed E-state index contributed by atoms with van der Waals surface area (Å²) in [6.07, 6.45) is 2.64. The van der Waals surface area contributed by atoms with Crippen LogP contribution in [0.2, 0.25) is 0 Å². The van der Waals surface area contributed by atoms with Gasteiger partial charge in [0.25, 0.3) is 0 Å². The monoisotopic (exact) mass is 243 g/mol. The van der Waals surface area contributed by atoms with Gasteiger partial charge in [-0.1, -0.05) is 12.1 Å². The van der Waals surface area contributed by atoms with Gasteiger partial charge in [0, 0.05) is 5.69 Å². The lowest BCUT2D eigenvalue weighted by atomic mass is 10.1. The highest BCUT2D eigenvalue weighted by Gasteiger charge is 2.06. The molecular formula is C13H13N3O2. The van der Waals surface area contributed by atoms with Crippen LogP contribution in [0.3, 0.4) is 0 Å². The van der Waals surface area contributed by atoms with E-state index in [2.05, 4.69) is 15.3 Å². The normalized spacial score (nSPS) is 10.1. The zero-order chi connectivity index (χ0) is 13.1. The number of nitrogens with one attached hydrogen (secondary N) is 1. The molecule has 0 spiro atoms. The van der Waals surface area contributed by atoms with Crippen molar-refractivity contribution in [3.63, 3.8) is 0 Å². The van der Waals surface area contributed by atoms with Gasteiger partial charge >= 0.3 is 5.97 Å². The number of aromatic carboxylic acids is 1. The smallest absolute Gasteiger partial charge is 0.356 e. The molecule has 0 radical (unpaired) electrons. The van der Waals surface area contributed by atoms with Crippen molar-refractivity contribution in [3.05, 3.63) is 47.4 Å². The van der Waals surface area contributed by atoms with Crippen LogP contribution < -0.4 is 5.32 Å². The average Bonchev–Trinajstić information content (AvgIpc) is 2.36. The average molecular weight is 243 g/mol. The second-order valence-electron chi connectivity index (χ2n) is 3.96. The SMILES string of the molecule is Cc1cccc(Nc2cnc(C(=O)O)cn2)c1C. The molecule has 0 atom stereocenters. The first-order valence-corrected chi connectivity index (χ1v) is 5.46. The second-order valence-corrected chi connectivity index (χ2v) is 3.96. The molecule has 0 aliphatic heterocycles. The minimum absolute atomic E-state index is 0.0680. The van der Waals surface area contributed by atoms with Crippen LogP contribution in [0.15, 0.2) is 30.6 Å². The number of aryl methyl sites for hydroxylation is 1. The zero-order valence-electron chi connectivity index (χ0n) is 10.1. The maximum atomic E-state index is 10.6. The van der Waals surface area contributed by atoms with Gasteiger partial charge in [-0.05, 0) is 31.0 Å². The van der Waals surface area contributed by atoms with E-state index in [1.807, 2.05) is 32.0 Å². The summed E-state index contributed by atoms with van der Waals surface area (Å²) in [5.41, 5.74) is 3.17. The van der Waals surface area contributed by atoms with E-state index in [9.17, 15) is 4.79 Å². The first kappa shape index (κ1) is 12.0. The van der Waals surface area contributed by atoms with E-state index in [0.29, 0.717) is 5.82 Å². The molecule has 2 aromatic rings. The largest absolute Gasteiger partial charge is 0.476 e. The van der Waals surface area contributed by atoms with Crippen LogP contribution in [0.25, 0.3) is 0 Å². The van der Waals surface area contributed by atoms with E-state index in [1.54, 1.807) is 0 Å². The van der Waals surface area contributed by atoms with Crippen molar-refractivity contribution >= 4 is 17.5 Å². The molecule has 0 fully saturated rings. The van der Waals surface area contributed by atoms with E-state index in [-0.39, 0.29) is 5.69 Å². The Morgan fingerprint density at radius 2 is 2.00 bits per heavy atom. The Morgan fingerprint density at radius 1 is 1.22 bits per heavy atom. The fourth-order valence-corrected chi connectivity index (χ4v) is 1.53.